The fourth-order valence-electron chi connectivity index (χ4n) is 2.17. The number of nitrogens with one attached hydrogen (secondary N) is 2. The van der Waals surface area contributed by atoms with Gasteiger partial charge < -0.3 is 15.4 Å². The molecule has 116 valence electrons. The van der Waals surface area contributed by atoms with Gasteiger partial charge in [-0.3, -0.25) is 4.21 Å². The molecule has 1 heterocycles. The molecule has 2 amide bonds. The lowest BCUT2D eigenvalue weighted by atomic mass is 10.2. The molecule has 5 nitrogen and oxygen atoms in total. The van der Waals surface area contributed by atoms with Gasteiger partial charge in [-0.2, -0.15) is 0 Å². The SMILES string of the molecule is CS(=O)Cc1ccc(Cl)c(NC(=O)NCC2CCCO2)c1. The van der Waals surface area contributed by atoms with Crippen molar-refractivity contribution < 1.29 is 13.7 Å². The van der Waals surface area contributed by atoms with Gasteiger partial charge in [0.05, 0.1) is 16.8 Å². The lowest BCUT2D eigenvalue weighted by molar-refractivity contribution is 0.112. The van der Waals surface area contributed by atoms with Crippen molar-refractivity contribution in [2.75, 3.05) is 24.7 Å². The number of anilines is 1. The van der Waals surface area contributed by atoms with E-state index in [0.717, 1.165) is 25.0 Å². The maximum Gasteiger partial charge on any atom is 0.319 e. The highest BCUT2D eigenvalue weighted by molar-refractivity contribution is 7.83. The van der Waals surface area contributed by atoms with Crippen LogP contribution in [0.25, 0.3) is 0 Å². The summed E-state index contributed by atoms with van der Waals surface area (Å²) in [5.41, 5.74) is 1.39. The fraction of sp³-hybridized carbons (Fsp3) is 0.500. The van der Waals surface area contributed by atoms with Gasteiger partial charge in [0.15, 0.2) is 0 Å². The zero-order valence-corrected chi connectivity index (χ0v) is 13.4. The molecule has 1 fully saturated rings. The number of amides is 2. The van der Waals surface area contributed by atoms with Crippen molar-refractivity contribution in [2.24, 2.45) is 0 Å². The van der Waals surface area contributed by atoms with Gasteiger partial charge in [-0.05, 0) is 30.5 Å². The highest BCUT2D eigenvalue weighted by Gasteiger charge is 2.16. The normalized spacial score (nSPS) is 19.2. The summed E-state index contributed by atoms with van der Waals surface area (Å²) in [6.45, 7) is 1.25. The van der Waals surface area contributed by atoms with E-state index >= 15 is 0 Å². The van der Waals surface area contributed by atoms with Crippen LogP contribution in [0, 0.1) is 0 Å². The van der Waals surface area contributed by atoms with Crippen molar-refractivity contribution in [1.82, 2.24) is 5.32 Å². The second-order valence-corrected chi connectivity index (χ2v) is 6.84. The summed E-state index contributed by atoms with van der Waals surface area (Å²) in [7, 11) is -0.937. The van der Waals surface area contributed by atoms with Gasteiger partial charge >= 0.3 is 6.03 Å². The number of carbonyl (C=O) groups is 1. The molecule has 1 saturated heterocycles. The molecule has 2 unspecified atom stereocenters. The Morgan fingerprint density at radius 2 is 2.33 bits per heavy atom. The summed E-state index contributed by atoms with van der Waals surface area (Å²) in [5.74, 6) is 0.434. The van der Waals surface area contributed by atoms with Crippen molar-refractivity contribution in [3.8, 4) is 0 Å². The van der Waals surface area contributed by atoms with Crippen LogP contribution in [0.2, 0.25) is 5.02 Å². The summed E-state index contributed by atoms with van der Waals surface area (Å²) < 4.78 is 16.7. The van der Waals surface area contributed by atoms with Crippen LogP contribution in [0.3, 0.4) is 0 Å². The minimum atomic E-state index is -0.937. The molecule has 1 aromatic rings. The van der Waals surface area contributed by atoms with Crippen LogP contribution in [-0.2, 0) is 21.3 Å². The number of carbonyl (C=O) groups excluding carboxylic acids is 1. The minimum absolute atomic E-state index is 0.0973. The van der Waals surface area contributed by atoms with Gasteiger partial charge in [-0.15, -0.1) is 0 Å². The Balaban J connectivity index is 1.90. The van der Waals surface area contributed by atoms with E-state index in [-0.39, 0.29) is 12.1 Å². The first-order chi connectivity index (χ1) is 10.0. The van der Waals surface area contributed by atoms with Crippen LogP contribution in [0.1, 0.15) is 18.4 Å². The molecule has 0 radical (unpaired) electrons. The average molecular weight is 331 g/mol. The van der Waals surface area contributed by atoms with Crippen molar-refractivity contribution >= 4 is 34.1 Å². The van der Waals surface area contributed by atoms with E-state index < -0.39 is 10.8 Å². The maximum atomic E-state index is 11.9. The monoisotopic (exact) mass is 330 g/mol. The first-order valence-electron chi connectivity index (χ1n) is 6.79. The predicted octanol–water partition coefficient (Wildman–Crippen LogP) is 2.52. The van der Waals surface area contributed by atoms with Crippen LogP contribution < -0.4 is 10.6 Å². The summed E-state index contributed by atoms with van der Waals surface area (Å²) >= 11 is 6.06. The van der Waals surface area contributed by atoms with Crippen LogP contribution in [0.4, 0.5) is 10.5 Å². The van der Waals surface area contributed by atoms with E-state index in [0.29, 0.717) is 23.0 Å². The summed E-state index contributed by atoms with van der Waals surface area (Å²) in [6.07, 6.45) is 3.74. The Kier molecular flexibility index (Phi) is 6.02. The predicted molar refractivity (Wildman–Crippen MR) is 85.2 cm³/mol. The van der Waals surface area contributed by atoms with E-state index in [1.54, 1.807) is 24.5 Å². The largest absolute Gasteiger partial charge is 0.376 e. The van der Waals surface area contributed by atoms with Crippen LogP contribution in [-0.4, -0.2) is 35.8 Å². The number of halogens is 1. The fourth-order valence-corrected chi connectivity index (χ4v) is 2.98. The lowest BCUT2D eigenvalue weighted by Gasteiger charge is -2.13. The molecule has 21 heavy (non-hydrogen) atoms. The summed E-state index contributed by atoms with van der Waals surface area (Å²) in [5, 5.41) is 5.93. The van der Waals surface area contributed by atoms with E-state index in [2.05, 4.69) is 10.6 Å². The Morgan fingerprint density at radius 3 is 3.00 bits per heavy atom. The third kappa shape index (κ3) is 5.30. The van der Waals surface area contributed by atoms with Crippen molar-refractivity contribution in [2.45, 2.75) is 24.7 Å². The molecule has 0 spiro atoms. The molecule has 0 saturated carbocycles. The smallest absolute Gasteiger partial charge is 0.319 e. The average Bonchev–Trinajstić information content (AvgIpc) is 2.93. The van der Waals surface area contributed by atoms with Gasteiger partial charge in [-0.1, -0.05) is 17.7 Å². The third-order valence-corrected chi connectivity index (χ3v) is 4.23. The maximum absolute atomic E-state index is 11.9. The van der Waals surface area contributed by atoms with E-state index in [1.807, 2.05) is 0 Å². The number of benzene rings is 1. The quantitative estimate of drug-likeness (QED) is 0.871. The zero-order chi connectivity index (χ0) is 15.2. The molecule has 1 aliphatic heterocycles. The molecule has 1 aromatic carbocycles. The molecule has 2 atom stereocenters. The van der Waals surface area contributed by atoms with Crippen LogP contribution >= 0.6 is 11.6 Å². The number of hydrogen-bond acceptors (Lipinski definition) is 3. The van der Waals surface area contributed by atoms with Gasteiger partial charge in [0.1, 0.15) is 0 Å². The molecule has 0 bridgehead atoms. The molecule has 0 aliphatic carbocycles. The highest BCUT2D eigenvalue weighted by Crippen LogP contribution is 2.23. The number of rotatable bonds is 5. The molecule has 2 rings (SSSR count). The molecule has 7 heteroatoms. The van der Waals surface area contributed by atoms with Gasteiger partial charge in [0.25, 0.3) is 0 Å². The van der Waals surface area contributed by atoms with E-state index in [9.17, 15) is 9.00 Å². The Labute approximate surface area is 131 Å². The van der Waals surface area contributed by atoms with Crippen LogP contribution in [0.15, 0.2) is 18.2 Å². The lowest BCUT2D eigenvalue weighted by Crippen LogP contribution is -2.35. The standard InChI is InChI=1S/C14H19ClN2O3S/c1-21(19)9-10-4-5-12(15)13(7-10)17-14(18)16-8-11-3-2-6-20-11/h4-5,7,11H,2-3,6,8-9H2,1H3,(H2,16,17,18). The minimum Gasteiger partial charge on any atom is -0.376 e. The van der Waals surface area contributed by atoms with Gasteiger partial charge in [-0.25, -0.2) is 4.79 Å². The van der Waals surface area contributed by atoms with E-state index in [1.165, 1.54) is 0 Å². The van der Waals surface area contributed by atoms with Crippen molar-refractivity contribution in [3.05, 3.63) is 28.8 Å². The first kappa shape index (κ1) is 16.3. The second-order valence-electron chi connectivity index (χ2n) is 5.00. The van der Waals surface area contributed by atoms with Crippen molar-refractivity contribution in [3.63, 3.8) is 0 Å². The highest BCUT2D eigenvalue weighted by atomic mass is 35.5. The Bertz CT molecular complexity index is 533. The van der Waals surface area contributed by atoms with Gasteiger partial charge in [0.2, 0.25) is 0 Å². The molecule has 0 aromatic heterocycles. The third-order valence-electron chi connectivity index (χ3n) is 3.16. The summed E-state index contributed by atoms with van der Waals surface area (Å²) in [6, 6.07) is 4.93. The number of urea groups is 1. The Hall–Kier alpha value is -1.11. The van der Waals surface area contributed by atoms with E-state index in [4.69, 9.17) is 16.3 Å². The molecular formula is C14H19ClN2O3S. The number of hydrogen-bond donors (Lipinski definition) is 2. The number of ether oxygens (including phenoxy) is 1. The van der Waals surface area contributed by atoms with Crippen molar-refractivity contribution in [1.29, 1.82) is 0 Å². The second kappa shape index (κ2) is 7.77. The first-order valence-corrected chi connectivity index (χ1v) is 8.90. The summed E-state index contributed by atoms with van der Waals surface area (Å²) in [4.78, 5) is 11.9. The molecular weight excluding hydrogens is 312 g/mol. The van der Waals surface area contributed by atoms with Crippen LogP contribution in [0.5, 0.6) is 0 Å². The molecule has 2 N–H and O–H groups in total. The molecule has 1 aliphatic rings. The topological polar surface area (TPSA) is 67.4 Å². The zero-order valence-electron chi connectivity index (χ0n) is 11.9. The Morgan fingerprint density at radius 1 is 1.52 bits per heavy atom. The van der Waals surface area contributed by atoms with Gasteiger partial charge in [0, 0.05) is 36.0 Å².